The van der Waals surface area contributed by atoms with Crippen LogP contribution in [0.15, 0.2) is 52.5 Å². The van der Waals surface area contributed by atoms with E-state index < -0.39 is 10.0 Å². The summed E-state index contributed by atoms with van der Waals surface area (Å²) in [5.41, 5.74) is 3.52. The van der Waals surface area contributed by atoms with Gasteiger partial charge in [0.05, 0.1) is 21.2 Å². The number of aromatic nitrogens is 2. The molecule has 0 unspecified atom stereocenters. The maximum Gasteiger partial charge on any atom is 0.243 e. The van der Waals surface area contributed by atoms with Crippen molar-refractivity contribution in [1.82, 2.24) is 14.3 Å². The molecule has 0 aliphatic carbocycles. The second kappa shape index (κ2) is 9.02. The summed E-state index contributed by atoms with van der Waals surface area (Å²) in [4.78, 5) is 20.6. The number of nitrogens with one attached hydrogen (secondary N) is 2. The van der Waals surface area contributed by atoms with Gasteiger partial charge in [-0.3, -0.25) is 4.79 Å². The summed E-state index contributed by atoms with van der Waals surface area (Å²) in [7, 11) is -3.48. The molecule has 1 aromatic heterocycles. The number of hydrogen-bond acceptors (Lipinski definition) is 5. The number of amides is 1. The molecular weight excluding hydrogens is 432 g/mol. The molecule has 0 spiro atoms. The number of nitrogens with zero attached hydrogens (tertiary/aromatic N) is 2. The lowest BCUT2D eigenvalue weighted by Gasteiger charge is -2.25. The fourth-order valence-electron chi connectivity index (χ4n) is 3.59. The fourth-order valence-corrected chi connectivity index (χ4v) is 5.92. The molecule has 0 saturated carbocycles. The van der Waals surface area contributed by atoms with Crippen LogP contribution in [0.1, 0.15) is 31.7 Å². The predicted molar refractivity (Wildman–Crippen MR) is 124 cm³/mol. The minimum Gasteiger partial charge on any atom is -0.333 e. The Balaban J connectivity index is 1.39. The van der Waals surface area contributed by atoms with Crippen LogP contribution >= 0.6 is 11.8 Å². The van der Waals surface area contributed by atoms with Crippen molar-refractivity contribution in [2.24, 2.45) is 0 Å². The summed E-state index contributed by atoms with van der Waals surface area (Å²) in [5, 5.41) is 3.16. The van der Waals surface area contributed by atoms with Crippen molar-refractivity contribution in [2.75, 3.05) is 18.4 Å². The summed E-state index contributed by atoms with van der Waals surface area (Å²) >= 11 is 1.35. The van der Waals surface area contributed by atoms with E-state index >= 15 is 0 Å². The van der Waals surface area contributed by atoms with E-state index in [-0.39, 0.29) is 16.1 Å². The van der Waals surface area contributed by atoms with Gasteiger partial charge < -0.3 is 10.3 Å². The van der Waals surface area contributed by atoms with Gasteiger partial charge in [0.15, 0.2) is 5.16 Å². The van der Waals surface area contributed by atoms with Crippen LogP contribution in [0, 0.1) is 6.92 Å². The SMILES string of the molecule is Cc1ccc2nc(S[C@@H](C)C(=O)Nc3ccc(S(=O)(=O)N4CCCCC4)cc3)[nH]c2c1. The molecule has 1 aliphatic rings. The molecule has 1 saturated heterocycles. The Morgan fingerprint density at radius 3 is 2.55 bits per heavy atom. The van der Waals surface area contributed by atoms with E-state index in [9.17, 15) is 13.2 Å². The maximum atomic E-state index is 12.8. The predicted octanol–water partition coefficient (Wildman–Crippen LogP) is 4.17. The van der Waals surface area contributed by atoms with Crippen LogP contribution in [-0.2, 0) is 14.8 Å². The Hall–Kier alpha value is -2.36. The van der Waals surface area contributed by atoms with Gasteiger partial charge in [0.1, 0.15) is 0 Å². The number of fused-ring (bicyclic) bond motifs is 1. The van der Waals surface area contributed by atoms with Gasteiger partial charge in [-0.1, -0.05) is 24.2 Å². The number of benzene rings is 2. The third-order valence-electron chi connectivity index (χ3n) is 5.35. The summed E-state index contributed by atoms with van der Waals surface area (Å²) in [6.07, 6.45) is 2.86. The van der Waals surface area contributed by atoms with E-state index in [0.29, 0.717) is 23.9 Å². The topological polar surface area (TPSA) is 95.2 Å². The van der Waals surface area contributed by atoms with Crippen molar-refractivity contribution >= 4 is 44.4 Å². The normalized spacial score (nSPS) is 16.3. The Kier molecular flexibility index (Phi) is 6.36. The minimum atomic E-state index is -3.48. The zero-order valence-electron chi connectivity index (χ0n) is 17.6. The average molecular weight is 459 g/mol. The number of sulfonamides is 1. The van der Waals surface area contributed by atoms with E-state index in [1.807, 2.05) is 32.0 Å². The van der Waals surface area contributed by atoms with E-state index in [1.54, 1.807) is 24.3 Å². The smallest absolute Gasteiger partial charge is 0.243 e. The minimum absolute atomic E-state index is 0.173. The number of carbonyl (C=O) groups excluding carboxylic acids is 1. The summed E-state index contributed by atoms with van der Waals surface area (Å²) in [6.45, 7) is 4.97. The Morgan fingerprint density at radius 2 is 1.84 bits per heavy atom. The standard InChI is InChI=1S/C22H26N4O3S2/c1-15-6-11-19-20(14-15)25-22(24-19)30-16(2)21(27)23-17-7-9-18(10-8-17)31(28,29)26-12-4-3-5-13-26/h6-11,14,16H,3-5,12-13H2,1-2H3,(H,23,27)(H,24,25)/t16-/m0/s1. The number of carbonyl (C=O) groups is 1. The molecule has 2 aromatic carbocycles. The van der Waals surface area contributed by atoms with Crippen LogP contribution < -0.4 is 5.32 Å². The van der Waals surface area contributed by atoms with Gasteiger partial charge in [-0.05, 0) is 68.7 Å². The molecule has 1 aliphatic heterocycles. The molecule has 31 heavy (non-hydrogen) atoms. The Bertz CT molecular complexity index is 1180. The first kappa shape index (κ1) is 21.9. The molecule has 1 fully saturated rings. The first-order valence-corrected chi connectivity index (χ1v) is 12.7. The highest BCUT2D eigenvalue weighted by molar-refractivity contribution is 8.00. The lowest BCUT2D eigenvalue weighted by atomic mass is 10.2. The quantitative estimate of drug-likeness (QED) is 0.541. The largest absolute Gasteiger partial charge is 0.333 e. The molecule has 1 atom stereocenters. The first-order valence-electron chi connectivity index (χ1n) is 10.4. The number of hydrogen-bond donors (Lipinski definition) is 2. The number of aromatic amines is 1. The summed E-state index contributed by atoms with van der Waals surface area (Å²) in [6, 6.07) is 12.4. The van der Waals surface area contributed by atoms with Crippen LogP contribution in [0.5, 0.6) is 0 Å². The zero-order valence-corrected chi connectivity index (χ0v) is 19.2. The zero-order chi connectivity index (χ0) is 22.0. The molecule has 2 heterocycles. The number of imidazole rings is 1. The number of anilines is 1. The molecule has 2 N–H and O–H groups in total. The monoisotopic (exact) mass is 458 g/mol. The van der Waals surface area contributed by atoms with Gasteiger partial charge >= 0.3 is 0 Å². The molecule has 0 radical (unpaired) electrons. The second-order valence-corrected chi connectivity index (χ2v) is 11.1. The highest BCUT2D eigenvalue weighted by atomic mass is 32.2. The van der Waals surface area contributed by atoms with Gasteiger partial charge in [0.2, 0.25) is 15.9 Å². The van der Waals surface area contributed by atoms with E-state index in [0.717, 1.165) is 35.9 Å². The van der Waals surface area contributed by atoms with Crippen LogP contribution in [0.25, 0.3) is 11.0 Å². The number of rotatable bonds is 6. The summed E-state index contributed by atoms with van der Waals surface area (Å²) < 4.78 is 27.0. The van der Waals surface area contributed by atoms with Crippen molar-refractivity contribution in [1.29, 1.82) is 0 Å². The van der Waals surface area contributed by atoms with Crippen molar-refractivity contribution in [3.05, 3.63) is 48.0 Å². The summed E-state index contributed by atoms with van der Waals surface area (Å²) in [5.74, 6) is -0.173. The van der Waals surface area contributed by atoms with Crippen LogP contribution in [0.4, 0.5) is 5.69 Å². The highest BCUT2D eigenvalue weighted by Gasteiger charge is 2.26. The maximum absolute atomic E-state index is 12.8. The first-order chi connectivity index (χ1) is 14.8. The third kappa shape index (κ3) is 4.94. The highest BCUT2D eigenvalue weighted by Crippen LogP contribution is 2.26. The molecule has 9 heteroatoms. The van der Waals surface area contributed by atoms with Gasteiger partial charge in [0.25, 0.3) is 0 Å². The van der Waals surface area contributed by atoms with E-state index in [2.05, 4.69) is 15.3 Å². The van der Waals surface area contributed by atoms with Crippen LogP contribution in [0.3, 0.4) is 0 Å². The molecule has 164 valence electrons. The lowest BCUT2D eigenvalue weighted by Crippen LogP contribution is -2.35. The second-order valence-electron chi connectivity index (χ2n) is 7.80. The van der Waals surface area contributed by atoms with Crippen LogP contribution in [0.2, 0.25) is 0 Å². The van der Waals surface area contributed by atoms with Gasteiger partial charge in [-0.15, -0.1) is 0 Å². The molecule has 0 bridgehead atoms. The Labute approximate surface area is 186 Å². The Morgan fingerprint density at radius 1 is 1.13 bits per heavy atom. The van der Waals surface area contributed by atoms with E-state index in [1.165, 1.54) is 16.1 Å². The molecule has 1 amide bonds. The number of piperidine rings is 1. The third-order valence-corrected chi connectivity index (χ3v) is 8.25. The fraction of sp³-hybridized carbons (Fsp3) is 0.364. The lowest BCUT2D eigenvalue weighted by molar-refractivity contribution is -0.115. The van der Waals surface area contributed by atoms with Crippen LogP contribution in [-0.4, -0.2) is 46.9 Å². The molecule has 3 aromatic rings. The van der Waals surface area contributed by atoms with Crippen molar-refractivity contribution in [3.8, 4) is 0 Å². The number of thioether (sulfide) groups is 1. The van der Waals surface area contributed by atoms with Gasteiger partial charge in [-0.25, -0.2) is 13.4 Å². The van der Waals surface area contributed by atoms with Gasteiger partial charge in [0, 0.05) is 18.8 Å². The number of aryl methyl sites for hydroxylation is 1. The van der Waals surface area contributed by atoms with Crippen molar-refractivity contribution < 1.29 is 13.2 Å². The molecular formula is C22H26N4O3S2. The molecule has 7 nitrogen and oxygen atoms in total. The van der Waals surface area contributed by atoms with Crippen molar-refractivity contribution in [2.45, 2.75) is 48.4 Å². The van der Waals surface area contributed by atoms with Crippen molar-refractivity contribution in [3.63, 3.8) is 0 Å². The average Bonchev–Trinajstić information content (AvgIpc) is 3.16. The van der Waals surface area contributed by atoms with E-state index in [4.69, 9.17) is 0 Å². The number of H-pyrrole nitrogens is 1. The molecule has 4 rings (SSSR count). The van der Waals surface area contributed by atoms with Gasteiger partial charge in [-0.2, -0.15) is 4.31 Å².